The monoisotopic (exact) mass is 180 g/mol. The van der Waals surface area contributed by atoms with E-state index in [0.29, 0.717) is 0 Å². The first kappa shape index (κ1) is 13.2. The maximum absolute atomic E-state index is 4.98. The standard InChI is InChI=1S/C7H16O2.Ti/c1-4-5-6-7(8-2)9-3;/h7H,4-6H2,1-3H3;. The Kier molecular flexibility index (Phi) is 12.8. The van der Waals surface area contributed by atoms with Gasteiger partial charge in [0.15, 0.2) is 6.29 Å². The normalized spacial score (nSPS) is 9.60. The number of hydrogen-bond acceptors (Lipinski definition) is 2. The zero-order valence-corrected chi connectivity index (χ0v) is 8.58. The van der Waals surface area contributed by atoms with E-state index in [2.05, 4.69) is 6.92 Å². The van der Waals surface area contributed by atoms with E-state index in [1.165, 1.54) is 12.8 Å². The van der Waals surface area contributed by atoms with Crippen molar-refractivity contribution in [1.29, 1.82) is 0 Å². The molecule has 60 valence electrons. The van der Waals surface area contributed by atoms with E-state index < -0.39 is 0 Å². The summed E-state index contributed by atoms with van der Waals surface area (Å²) >= 11 is 0. The largest absolute Gasteiger partial charge is 0.356 e. The van der Waals surface area contributed by atoms with Crippen LogP contribution in [0.25, 0.3) is 0 Å². The molecular formula is C7H16O2Ti. The van der Waals surface area contributed by atoms with Gasteiger partial charge in [0.25, 0.3) is 0 Å². The fourth-order valence-electron chi connectivity index (χ4n) is 0.703. The quantitative estimate of drug-likeness (QED) is 0.474. The summed E-state index contributed by atoms with van der Waals surface area (Å²) in [4.78, 5) is 0. The van der Waals surface area contributed by atoms with Crippen molar-refractivity contribution in [3.8, 4) is 0 Å². The van der Waals surface area contributed by atoms with Gasteiger partial charge in [-0.25, -0.2) is 0 Å². The van der Waals surface area contributed by atoms with Crippen molar-refractivity contribution >= 4 is 0 Å². The third kappa shape index (κ3) is 6.75. The van der Waals surface area contributed by atoms with Crippen molar-refractivity contribution in [2.24, 2.45) is 0 Å². The first-order valence-electron chi connectivity index (χ1n) is 3.40. The van der Waals surface area contributed by atoms with Gasteiger partial charge in [-0.3, -0.25) is 0 Å². The zero-order chi connectivity index (χ0) is 7.11. The molecule has 0 aromatic rings. The summed E-state index contributed by atoms with van der Waals surface area (Å²) < 4.78 is 9.96. The Bertz CT molecular complexity index is 55.6. The van der Waals surface area contributed by atoms with Crippen LogP contribution in [0.5, 0.6) is 0 Å². The van der Waals surface area contributed by atoms with Crippen LogP contribution in [0.2, 0.25) is 0 Å². The maximum atomic E-state index is 4.98. The molecule has 0 aliphatic carbocycles. The molecule has 0 amide bonds. The number of rotatable bonds is 5. The number of unbranched alkanes of at least 4 members (excludes halogenated alkanes) is 1. The van der Waals surface area contributed by atoms with Gasteiger partial charge in [0.1, 0.15) is 0 Å². The molecular weight excluding hydrogens is 164 g/mol. The summed E-state index contributed by atoms with van der Waals surface area (Å²) in [6, 6.07) is 0. The Morgan fingerprint density at radius 2 is 1.70 bits per heavy atom. The number of ether oxygens (including phenoxy) is 2. The molecule has 0 N–H and O–H groups in total. The Morgan fingerprint density at radius 3 is 2.00 bits per heavy atom. The van der Waals surface area contributed by atoms with Crippen LogP contribution in [0.15, 0.2) is 0 Å². The molecule has 0 aromatic heterocycles. The fraction of sp³-hybridized carbons (Fsp3) is 1.00. The summed E-state index contributed by atoms with van der Waals surface area (Å²) in [5.74, 6) is 0. The molecule has 0 fully saturated rings. The molecule has 0 saturated carbocycles. The van der Waals surface area contributed by atoms with Gasteiger partial charge in [-0.15, -0.1) is 0 Å². The van der Waals surface area contributed by atoms with E-state index >= 15 is 0 Å². The number of methoxy groups -OCH3 is 2. The summed E-state index contributed by atoms with van der Waals surface area (Å²) in [5.41, 5.74) is 0. The van der Waals surface area contributed by atoms with Gasteiger partial charge >= 0.3 is 0 Å². The Hall–Kier alpha value is 0.634. The predicted molar refractivity (Wildman–Crippen MR) is 37.3 cm³/mol. The summed E-state index contributed by atoms with van der Waals surface area (Å²) in [6.45, 7) is 2.16. The molecule has 0 spiro atoms. The smallest absolute Gasteiger partial charge is 0.156 e. The van der Waals surface area contributed by atoms with Crippen molar-refractivity contribution in [2.45, 2.75) is 32.5 Å². The van der Waals surface area contributed by atoms with Gasteiger partial charge in [-0.2, -0.15) is 0 Å². The van der Waals surface area contributed by atoms with Crippen LogP contribution >= 0.6 is 0 Å². The average Bonchev–Trinajstić information content (AvgIpc) is 1.91. The van der Waals surface area contributed by atoms with Crippen LogP contribution in [0.1, 0.15) is 26.2 Å². The molecule has 0 bridgehead atoms. The molecule has 0 aliphatic rings. The number of hydrogen-bond donors (Lipinski definition) is 0. The minimum atomic E-state index is 0. The van der Waals surface area contributed by atoms with E-state index in [4.69, 9.17) is 9.47 Å². The van der Waals surface area contributed by atoms with Crippen LogP contribution < -0.4 is 0 Å². The van der Waals surface area contributed by atoms with Crippen LogP contribution in [-0.4, -0.2) is 20.5 Å². The van der Waals surface area contributed by atoms with Crippen molar-refractivity contribution in [1.82, 2.24) is 0 Å². The summed E-state index contributed by atoms with van der Waals surface area (Å²) in [7, 11) is 3.34. The van der Waals surface area contributed by atoms with Gasteiger partial charge < -0.3 is 9.47 Å². The van der Waals surface area contributed by atoms with Crippen LogP contribution in [0, 0.1) is 0 Å². The Morgan fingerprint density at radius 1 is 1.20 bits per heavy atom. The molecule has 3 heteroatoms. The van der Waals surface area contributed by atoms with Crippen molar-refractivity contribution in [3.63, 3.8) is 0 Å². The second kappa shape index (κ2) is 9.63. The third-order valence-electron chi connectivity index (χ3n) is 1.32. The Balaban J connectivity index is 0. The van der Waals surface area contributed by atoms with E-state index in [1.807, 2.05) is 0 Å². The first-order chi connectivity index (χ1) is 4.35. The molecule has 0 aliphatic heterocycles. The predicted octanol–water partition coefficient (Wildman–Crippen LogP) is 1.79. The molecule has 0 heterocycles. The van der Waals surface area contributed by atoms with Gasteiger partial charge in [0.05, 0.1) is 0 Å². The zero-order valence-electron chi connectivity index (χ0n) is 7.02. The topological polar surface area (TPSA) is 18.5 Å². The molecule has 0 atom stereocenters. The summed E-state index contributed by atoms with van der Waals surface area (Å²) in [5, 5.41) is 0. The van der Waals surface area contributed by atoms with Gasteiger partial charge in [-0.1, -0.05) is 13.3 Å². The molecule has 0 rings (SSSR count). The first-order valence-corrected chi connectivity index (χ1v) is 3.40. The van der Waals surface area contributed by atoms with E-state index in [1.54, 1.807) is 14.2 Å². The van der Waals surface area contributed by atoms with E-state index in [0.717, 1.165) is 6.42 Å². The van der Waals surface area contributed by atoms with Crippen LogP contribution in [0.4, 0.5) is 0 Å². The molecule has 2 nitrogen and oxygen atoms in total. The van der Waals surface area contributed by atoms with Crippen molar-refractivity contribution in [2.75, 3.05) is 14.2 Å². The second-order valence-corrected chi connectivity index (χ2v) is 2.04. The van der Waals surface area contributed by atoms with Crippen LogP contribution in [-0.2, 0) is 31.2 Å². The van der Waals surface area contributed by atoms with E-state index in [-0.39, 0.29) is 28.0 Å². The molecule has 0 unspecified atom stereocenters. The Labute approximate surface area is 78.2 Å². The molecule has 0 aromatic carbocycles. The second-order valence-electron chi connectivity index (χ2n) is 2.04. The van der Waals surface area contributed by atoms with Crippen molar-refractivity contribution < 1.29 is 31.2 Å². The van der Waals surface area contributed by atoms with Gasteiger partial charge in [-0.05, 0) is 12.8 Å². The van der Waals surface area contributed by atoms with Crippen LogP contribution in [0.3, 0.4) is 0 Å². The van der Waals surface area contributed by atoms with Crippen molar-refractivity contribution in [3.05, 3.63) is 0 Å². The molecule has 0 saturated heterocycles. The van der Waals surface area contributed by atoms with E-state index in [9.17, 15) is 0 Å². The minimum Gasteiger partial charge on any atom is -0.356 e. The summed E-state index contributed by atoms with van der Waals surface area (Å²) in [6.07, 6.45) is 3.38. The minimum absolute atomic E-state index is 0. The SMILES string of the molecule is CCCCC(OC)OC.[Ti]. The third-order valence-corrected chi connectivity index (χ3v) is 1.32. The van der Waals surface area contributed by atoms with Gasteiger partial charge in [0.2, 0.25) is 0 Å². The maximum Gasteiger partial charge on any atom is 0.156 e. The van der Waals surface area contributed by atoms with Gasteiger partial charge in [0, 0.05) is 35.9 Å². The average molecular weight is 180 g/mol. The molecule has 0 radical (unpaired) electrons. The molecule has 10 heavy (non-hydrogen) atoms. The fourth-order valence-corrected chi connectivity index (χ4v) is 0.703.